The minimum Gasteiger partial charge on any atom is -0.306 e. The molecular formula is C30H20N4. The maximum Gasteiger partial charge on any atom is 0.234 e. The van der Waals surface area contributed by atoms with Crippen LogP contribution in [0, 0.1) is 0 Å². The standard InChI is InChI=1S/C30H20N4/c1-3-11-21(12-4-1)28-29(22-13-5-2-6-14-22)33-20-23(19-31-30(33)32-28)34-26-17-9-7-15-24(26)25-16-8-10-18-27(25)34/h1-20H. The lowest BCUT2D eigenvalue weighted by Crippen LogP contribution is -1.99. The lowest BCUT2D eigenvalue weighted by Gasteiger charge is -2.10. The van der Waals surface area contributed by atoms with Crippen molar-refractivity contribution in [2.24, 2.45) is 0 Å². The Bertz CT molecular complexity index is 1740. The molecule has 0 saturated carbocycles. The molecule has 0 aliphatic rings. The van der Waals surface area contributed by atoms with Crippen LogP contribution in [0.1, 0.15) is 0 Å². The molecule has 0 aliphatic carbocycles. The Hall–Kier alpha value is -4.70. The van der Waals surface area contributed by atoms with E-state index in [1.54, 1.807) is 0 Å². The van der Waals surface area contributed by atoms with Gasteiger partial charge in [-0.05, 0) is 12.1 Å². The third-order valence-corrected chi connectivity index (χ3v) is 6.40. The van der Waals surface area contributed by atoms with E-state index in [0.717, 1.165) is 39.2 Å². The van der Waals surface area contributed by atoms with Gasteiger partial charge in [0.05, 0.1) is 34.3 Å². The molecule has 0 spiro atoms. The highest BCUT2D eigenvalue weighted by molar-refractivity contribution is 6.09. The molecule has 0 bridgehead atoms. The summed E-state index contributed by atoms with van der Waals surface area (Å²) in [6.45, 7) is 0. The predicted octanol–water partition coefficient (Wildman–Crippen LogP) is 7.16. The molecule has 0 N–H and O–H groups in total. The maximum absolute atomic E-state index is 4.95. The van der Waals surface area contributed by atoms with Crippen molar-refractivity contribution >= 4 is 27.6 Å². The number of aromatic nitrogens is 4. The van der Waals surface area contributed by atoms with Crippen molar-refractivity contribution in [2.45, 2.75) is 0 Å². The highest BCUT2D eigenvalue weighted by Crippen LogP contribution is 2.35. The van der Waals surface area contributed by atoms with Crippen molar-refractivity contribution in [2.75, 3.05) is 0 Å². The summed E-state index contributed by atoms with van der Waals surface area (Å²) >= 11 is 0. The molecule has 4 nitrogen and oxygen atoms in total. The summed E-state index contributed by atoms with van der Waals surface area (Å²) in [4.78, 5) is 9.76. The van der Waals surface area contributed by atoms with Gasteiger partial charge < -0.3 is 4.57 Å². The Morgan fingerprint density at radius 1 is 0.559 bits per heavy atom. The van der Waals surface area contributed by atoms with Crippen molar-refractivity contribution in [3.63, 3.8) is 0 Å². The van der Waals surface area contributed by atoms with E-state index in [2.05, 4.69) is 100 Å². The third kappa shape index (κ3) is 2.79. The van der Waals surface area contributed by atoms with Crippen LogP contribution in [0.15, 0.2) is 122 Å². The maximum atomic E-state index is 4.95. The Balaban J connectivity index is 1.56. The highest BCUT2D eigenvalue weighted by Gasteiger charge is 2.18. The minimum atomic E-state index is 0.683. The highest BCUT2D eigenvalue weighted by atomic mass is 15.1. The van der Waals surface area contributed by atoms with Crippen molar-refractivity contribution in [3.05, 3.63) is 122 Å². The fraction of sp³-hybridized carbons (Fsp3) is 0. The van der Waals surface area contributed by atoms with Crippen molar-refractivity contribution < 1.29 is 0 Å². The number of para-hydroxylation sites is 2. The fourth-order valence-electron chi connectivity index (χ4n) is 4.91. The molecule has 0 aliphatic heterocycles. The molecule has 4 aromatic carbocycles. The third-order valence-electron chi connectivity index (χ3n) is 6.40. The van der Waals surface area contributed by atoms with Crippen LogP contribution < -0.4 is 0 Å². The first kappa shape index (κ1) is 18.8. The normalized spacial score (nSPS) is 11.5. The summed E-state index contributed by atoms with van der Waals surface area (Å²) in [5.41, 5.74) is 7.47. The monoisotopic (exact) mass is 436 g/mol. The van der Waals surface area contributed by atoms with Crippen LogP contribution in [0.5, 0.6) is 0 Å². The molecule has 0 radical (unpaired) electrons. The van der Waals surface area contributed by atoms with Gasteiger partial charge in [-0.3, -0.25) is 4.40 Å². The molecule has 4 heteroatoms. The summed E-state index contributed by atoms with van der Waals surface area (Å²) in [5, 5.41) is 2.47. The van der Waals surface area contributed by atoms with Gasteiger partial charge in [-0.25, -0.2) is 9.97 Å². The van der Waals surface area contributed by atoms with E-state index in [0.29, 0.717) is 5.78 Å². The lowest BCUT2D eigenvalue weighted by molar-refractivity contribution is 1.05. The number of fused-ring (bicyclic) bond motifs is 4. The Morgan fingerprint density at radius 3 is 1.76 bits per heavy atom. The number of hydrogen-bond donors (Lipinski definition) is 0. The second-order valence-electron chi connectivity index (χ2n) is 8.39. The molecule has 0 amide bonds. The number of rotatable bonds is 3. The van der Waals surface area contributed by atoms with Gasteiger partial charge >= 0.3 is 0 Å². The number of nitrogens with zero attached hydrogens (tertiary/aromatic N) is 4. The first-order valence-electron chi connectivity index (χ1n) is 11.4. The van der Waals surface area contributed by atoms with E-state index < -0.39 is 0 Å². The molecule has 0 unspecified atom stereocenters. The van der Waals surface area contributed by atoms with Gasteiger partial charge in [0.15, 0.2) is 0 Å². The van der Waals surface area contributed by atoms with Crippen molar-refractivity contribution in [3.8, 4) is 28.2 Å². The van der Waals surface area contributed by atoms with Gasteiger partial charge in [-0.2, -0.15) is 0 Å². The summed E-state index contributed by atoms with van der Waals surface area (Å²) in [6, 6.07) is 37.8. The zero-order valence-electron chi connectivity index (χ0n) is 18.3. The first-order valence-corrected chi connectivity index (χ1v) is 11.4. The molecule has 7 aromatic rings. The zero-order valence-corrected chi connectivity index (χ0v) is 18.3. The van der Waals surface area contributed by atoms with Crippen molar-refractivity contribution in [1.29, 1.82) is 0 Å². The van der Waals surface area contributed by atoms with Crippen LogP contribution in [-0.2, 0) is 0 Å². The number of hydrogen-bond acceptors (Lipinski definition) is 2. The van der Waals surface area contributed by atoms with Gasteiger partial charge in [0.25, 0.3) is 0 Å². The second-order valence-corrected chi connectivity index (χ2v) is 8.39. The Kier molecular flexibility index (Phi) is 4.11. The quantitative estimate of drug-likeness (QED) is 0.295. The van der Waals surface area contributed by atoms with E-state index in [9.17, 15) is 0 Å². The van der Waals surface area contributed by atoms with E-state index in [4.69, 9.17) is 9.97 Å². The van der Waals surface area contributed by atoms with E-state index in [1.807, 2.05) is 30.5 Å². The molecule has 0 atom stereocenters. The van der Waals surface area contributed by atoms with Crippen LogP contribution in [0.3, 0.4) is 0 Å². The van der Waals surface area contributed by atoms with E-state index in [-0.39, 0.29) is 0 Å². The molecule has 3 heterocycles. The minimum absolute atomic E-state index is 0.683. The predicted molar refractivity (Wildman–Crippen MR) is 138 cm³/mol. The molecule has 3 aromatic heterocycles. The average molecular weight is 437 g/mol. The summed E-state index contributed by atoms with van der Waals surface area (Å²) in [5.74, 6) is 0.683. The van der Waals surface area contributed by atoms with Gasteiger partial charge in [-0.15, -0.1) is 0 Å². The van der Waals surface area contributed by atoms with Crippen LogP contribution in [0.2, 0.25) is 0 Å². The lowest BCUT2D eigenvalue weighted by atomic mass is 10.1. The topological polar surface area (TPSA) is 35.1 Å². The molecular weight excluding hydrogens is 416 g/mol. The number of imidazole rings is 1. The van der Waals surface area contributed by atoms with Gasteiger partial charge in [0, 0.05) is 28.1 Å². The smallest absolute Gasteiger partial charge is 0.234 e. The van der Waals surface area contributed by atoms with E-state index in [1.165, 1.54) is 10.8 Å². The first-order chi connectivity index (χ1) is 16.9. The van der Waals surface area contributed by atoms with Crippen molar-refractivity contribution in [1.82, 2.24) is 18.9 Å². The Morgan fingerprint density at radius 2 is 1.12 bits per heavy atom. The van der Waals surface area contributed by atoms with Crippen LogP contribution in [0.25, 0.3) is 55.8 Å². The molecule has 7 rings (SSSR count). The van der Waals surface area contributed by atoms with Crippen LogP contribution >= 0.6 is 0 Å². The molecule has 0 saturated heterocycles. The Labute approximate surface area is 196 Å². The molecule has 0 fully saturated rings. The average Bonchev–Trinajstić information content (AvgIpc) is 3.45. The van der Waals surface area contributed by atoms with Crippen LogP contribution in [-0.4, -0.2) is 18.9 Å². The SMILES string of the molecule is c1ccc(-c2nc3ncc(-n4c5ccccc5c5ccccc54)cn3c2-c2ccccc2)cc1. The molecule has 34 heavy (non-hydrogen) atoms. The van der Waals surface area contributed by atoms with Gasteiger partial charge in [-0.1, -0.05) is 97.1 Å². The van der Waals surface area contributed by atoms with Crippen LogP contribution in [0.4, 0.5) is 0 Å². The number of benzene rings is 4. The summed E-state index contributed by atoms with van der Waals surface area (Å²) < 4.78 is 4.41. The summed E-state index contributed by atoms with van der Waals surface area (Å²) in [6.07, 6.45) is 4.08. The summed E-state index contributed by atoms with van der Waals surface area (Å²) in [7, 11) is 0. The molecule has 160 valence electrons. The fourth-order valence-corrected chi connectivity index (χ4v) is 4.91. The van der Waals surface area contributed by atoms with E-state index >= 15 is 0 Å². The largest absolute Gasteiger partial charge is 0.306 e. The van der Waals surface area contributed by atoms with Gasteiger partial charge in [0.2, 0.25) is 5.78 Å². The van der Waals surface area contributed by atoms with Gasteiger partial charge in [0.1, 0.15) is 0 Å². The second kappa shape index (κ2) is 7.42. The zero-order chi connectivity index (χ0) is 22.5.